The lowest BCUT2D eigenvalue weighted by molar-refractivity contribution is -0.130. The van der Waals surface area contributed by atoms with E-state index in [-0.39, 0.29) is 16.7 Å². The van der Waals surface area contributed by atoms with E-state index >= 15 is 0 Å². The highest BCUT2D eigenvalue weighted by Crippen LogP contribution is 2.24. The number of nitrogens with zero attached hydrogens (tertiary/aromatic N) is 3. The van der Waals surface area contributed by atoms with Gasteiger partial charge in [0, 0.05) is 33.1 Å². The third kappa shape index (κ3) is 4.07. The second-order valence-corrected chi connectivity index (χ2v) is 7.62. The summed E-state index contributed by atoms with van der Waals surface area (Å²) >= 11 is 0. The van der Waals surface area contributed by atoms with Crippen LogP contribution in [-0.2, 0) is 14.8 Å². The summed E-state index contributed by atoms with van der Waals surface area (Å²) in [6.45, 7) is 0.627. The molecule has 124 valence electrons. The molecule has 1 aromatic carbocycles. The minimum atomic E-state index is -3.58. The van der Waals surface area contributed by atoms with Gasteiger partial charge in [0.25, 0.3) is 0 Å². The molecule has 1 fully saturated rings. The zero-order chi connectivity index (χ0) is 17.0. The number of hydrogen-bond acceptors (Lipinski definition) is 5. The number of piperidine rings is 1. The van der Waals surface area contributed by atoms with Crippen LogP contribution in [0, 0.1) is 17.2 Å². The zero-order valence-corrected chi connectivity index (χ0v) is 14.0. The van der Waals surface area contributed by atoms with Gasteiger partial charge in [0.2, 0.25) is 15.9 Å². The van der Waals surface area contributed by atoms with Crippen LogP contribution in [0.3, 0.4) is 0 Å². The molecule has 0 spiro atoms. The summed E-state index contributed by atoms with van der Waals surface area (Å²) in [7, 11) is -0.100. The summed E-state index contributed by atoms with van der Waals surface area (Å²) in [5.41, 5.74) is 3.13. The number of benzene rings is 1. The number of rotatable bonds is 4. The van der Waals surface area contributed by atoms with Crippen molar-refractivity contribution in [2.75, 3.05) is 27.2 Å². The fourth-order valence-electron chi connectivity index (χ4n) is 2.52. The van der Waals surface area contributed by atoms with Crippen molar-refractivity contribution in [3.8, 4) is 6.07 Å². The molecular formula is C15H20N4O3S. The molecule has 0 atom stereocenters. The van der Waals surface area contributed by atoms with E-state index in [0.29, 0.717) is 31.5 Å². The van der Waals surface area contributed by atoms with Gasteiger partial charge in [0.1, 0.15) is 0 Å². The molecule has 1 aromatic rings. The molecule has 0 saturated carbocycles. The van der Waals surface area contributed by atoms with E-state index in [1.54, 1.807) is 19.1 Å². The van der Waals surface area contributed by atoms with E-state index in [2.05, 4.69) is 5.43 Å². The van der Waals surface area contributed by atoms with Crippen molar-refractivity contribution in [3.63, 3.8) is 0 Å². The largest absolute Gasteiger partial charge is 0.289 e. The number of hydrogen-bond donors (Lipinski definition) is 1. The number of carbonyl (C=O) groups excluding carboxylic acids is 1. The van der Waals surface area contributed by atoms with Crippen molar-refractivity contribution >= 4 is 15.9 Å². The van der Waals surface area contributed by atoms with Gasteiger partial charge in [-0.1, -0.05) is 0 Å². The monoisotopic (exact) mass is 336 g/mol. The Morgan fingerprint density at radius 1 is 1.26 bits per heavy atom. The van der Waals surface area contributed by atoms with Gasteiger partial charge < -0.3 is 0 Å². The quantitative estimate of drug-likeness (QED) is 0.811. The molecule has 0 bridgehead atoms. The average molecular weight is 336 g/mol. The first-order valence-corrected chi connectivity index (χ1v) is 8.76. The van der Waals surface area contributed by atoms with Gasteiger partial charge in [0.05, 0.1) is 16.5 Å². The van der Waals surface area contributed by atoms with Crippen molar-refractivity contribution in [1.29, 1.82) is 5.26 Å². The Morgan fingerprint density at radius 3 is 2.30 bits per heavy atom. The Morgan fingerprint density at radius 2 is 1.83 bits per heavy atom. The predicted molar refractivity (Wildman–Crippen MR) is 84.5 cm³/mol. The SMILES string of the molecule is CN(C)NC(=O)C1CCN(S(=O)(=O)c2ccc(C#N)cc2)CC1. The van der Waals surface area contributed by atoms with Crippen LogP contribution in [0.1, 0.15) is 18.4 Å². The molecule has 0 aromatic heterocycles. The fraction of sp³-hybridized carbons (Fsp3) is 0.467. The molecule has 2 rings (SSSR count). The molecule has 7 nitrogen and oxygen atoms in total. The summed E-state index contributed by atoms with van der Waals surface area (Å²) < 4.78 is 26.5. The Bertz CT molecular complexity index is 699. The normalized spacial score (nSPS) is 17.0. The van der Waals surface area contributed by atoms with E-state index in [1.165, 1.54) is 28.6 Å². The maximum absolute atomic E-state index is 12.6. The lowest BCUT2D eigenvalue weighted by atomic mass is 9.98. The van der Waals surface area contributed by atoms with Crippen LogP contribution in [0.4, 0.5) is 0 Å². The van der Waals surface area contributed by atoms with Gasteiger partial charge in [-0.15, -0.1) is 0 Å². The van der Waals surface area contributed by atoms with Gasteiger partial charge in [-0.05, 0) is 37.1 Å². The maximum Gasteiger partial charge on any atom is 0.243 e. The van der Waals surface area contributed by atoms with Crippen LogP contribution >= 0.6 is 0 Å². The van der Waals surface area contributed by atoms with Gasteiger partial charge in [0.15, 0.2) is 0 Å². The molecule has 23 heavy (non-hydrogen) atoms. The summed E-state index contributed by atoms with van der Waals surface area (Å²) in [5.74, 6) is -0.254. The number of amides is 1. The average Bonchev–Trinajstić information content (AvgIpc) is 2.54. The Balaban J connectivity index is 2.03. The van der Waals surface area contributed by atoms with Crippen LogP contribution in [0.25, 0.3) is 0 Å². The minimum absolute atomic E-state index is 0.0783. The van der Waals surface area contributed by atoms with E-state index in [1.807, 2.05) is 6.07 Å². The summed E-state index contributed by atoms with van der Waals surface area (Å²) in [6.07, 6.45) is 0.990. The molecule has 8 heteroatoms. The summed E-state index contributed by atoms with van der Waals surface area (Å²) in [4.78, 5) is 12.1. The predicted octanol–water partition coefficient (Wildman–Crippen LogP) is 0.552. The molecule has 1 aliphatic rings. The topological polar surface area (TPSA) is 93.5 Å². The Kier molecular flexibility index (Phi) is 5.36. The lowest BCUT2D eigenvalue weighted by Crippen LogP contribution is -2.46. The number of carbonyl (C=O) groups is 1. The second kappa shape index (κ2) is 7.08. The first kappa shape index (κ1) is 17.4. The van der Waals surface area contributed by atoms with Gasteiger partial charge in [-0.25, -0.2) is 13.4 Å². The summed E-state index contributed by atoms with van der Waals surface area (Å²) in [6, 6.07) is 7.83. The van der Waals surface area contributed by atoms with E-state index in [4.69, 9.17) is 5.26 Å². The lowest BCUT2D eigenvalue weighted by Gasteiger charge is -2.31. The molecule has 1 saturated heterocycles. The third-order valence-electron chi connectivity index (χ3n) is 3.78. The molecule has 1 N–H and O–H groups in total. The second-order valence-electron chi connectivity index (χ2n) is 5.69. The minimum Gasteiger partial charge on any atom is -0.289 e. The van der Waals surface area contributed by atoms with Crippen molar-refractivity contribution in [3.05, 3.63) is 29.8 Å². The fourth-order valence-corrected chi connectivity index (χ4v) is 3.99. The highest BCUT2D eigenvalue weighted by Gasteiger charge is 2.32. The highest BCUT2D eigenvalue weighted by molar-refractivity contribution is 7.89. The van der Waals surface area contributed by atoms with Gasteiger partial charge >= 0.3 is 0 Å². The third-order valence-corrected chi connectivity index (χ3v) is 5.69. The molecule has 0 radical (unpaired) electrons. The van der Waals surface area contributed by atoms with Crippen LogP contribution in [0.2, 0.25) is 0 Å². The number of nitriles is 1. The smallest absolute Gasteiger partial charge is 0.243 e. The molecule has 1 heterocycles. The zero-order valence-electron chi connectivity index (χ0n) is 13.2. The summed E-state index contributed by atoms with van der Waals surface area (Å²) in [5, 5.41) is 10.4. The van der Waals surface area contributed by atoms with Crippen LogP contribution in [-0.4, -0.2) is 50.8 Å². The standard InChI is InChI=1S/C15H20N4O3S/c1-18(2)17-15(20)13-7-9-19(10-8-13)23(21,22)14-5-3-12(11-16)4-6-14/h3-6,13H,7-10H2,1-2H3,(H,17,20). The molecule has 1 aliphatic heterocycles. The van der Waals surface area contributed by atoms with Crippen molar-refractivity contribution < 1.29 is 13.2 Å². The van der Waals surface area contributed by atoms with Crippen molar-refractivity contribution in [1.82, 2.24) is 14.7 Å². The Labute approximate surface area is 136 Å². The number of nitrogens with one attached hydrogen (secondary N) is 1. The highest BCUT2D eigenvalue weighted by atomic mass is 32.2. The molecule has 0 unspecified atom stereocenters. The Hall–Kier alpha value is -1.95. The van der Waals surface area contributed by atoms with Crippen LogP contribution in [0.15, 0.2) is 29.2 Å². The van der Waals surface area contributed by atoms with Crippen molar-refractivity contribution in [2.45, 2.75) is 17.7 Å². The van der Waals surface area contributed by atoms with Gasteiger partial charge in [-0.2, -0.15) is 9.57 Å². The first-order chi connectivity index (χ1) is 10.8. The first-order valence-electron chi connectivity index (χ1n) is 7.32. The van der Waals surface area contributed by atoms with Gasteiger partial charge in [-0.3, -0.25) is 10.2 Å². The molecule has 0 aliphatic carbocycles. The van der Waals surface area contributed by atoms with Crippen LogP contribution in [0.5, 0.6) is 0 Å². The van der Waals surface area contributed by atoms with E-state index in [0.717, 1.165) is 0 Å². The van der Waals surface area contributed by atoms with E-state index in [9.17, 15) is 13.2 Å². The molecule has 1 amide bonds. The van der Waals surface area contributed by atoms with Crippen molar-refractivity contribution in [2.24, 2.45) is 5.92 Å². The molecular weight excluding hydrogens is 316 g/mol. The van der Waals surface area contributed by atoms with Crippen LogP contribution < -0.4 is 5.43 Å². The maximum atomic E-state index is 12.6. The van der Waals surface area contributed by atoms with E-state index < -0.39 is 10.0 Å². The number of sulfonamides is 1. The number of hydrazine groups is 1.